The Morgan fingerprint density at radius 2 is 1.91 bits per heavy atom. The van der Waals surface area contributed by atoms with Crippen LogP contribution in [-0.2, 0) is 11.4 Å². The summed E-state index contributed by atoms with van der Waals surface area (Å²) in [5.41, 5.74) is 2.11. The first-order valence-electron chi connectivity index (χ1n) is 7.54. The average molecular weight is 319 g/mol. The number of aryl methyl sites for hydroxylation is 1. The molecule has 1 aliphatic heterocycles. The minimum absolute atomic E-state index is 0.223. The van der Waals surface area contributed by atoms with E-state index in [-0.39, 0.29) is 12.2 Å². The standard InChI is InChI=1S/C16H21N3O2S/c1-11-6-4-5-7-14(11)15-17-19(16(22)21-15)10-18-8-12(2)20-13(3)9-18/h4-7,12-13H,8-10H2,1-3H3. The summed E-state index contributed by atoms with van der Waals surface area (Å²) >= 11 is 5.32. The van der Waals surface area contributed by atoms with Gasteiger partial charge in [0.15, 0.2) is 0 Å². The van der Waals surface area contributed by atoms with E-state index in [1.165, 1.54) is 0 Å². The molecule has 0 bridgehead atoms. The Morgan fingerprint density at radius 1 is 1.23 bits per heavy atom. The van der Waals surface area contributed by atoms with Crippen LogP contribution in [0.25, 0.3) is 11.5 Å². The second-order valence-electron chi connectivity index (χ2n) is 5.92. The zero-order chi connectivity index (χ0) is 15.7. The highest BCUT2D eigenvalue weighted by Crippen LogP contribution is 2.22. The molecule has 1 saturated heterocycles. The quantitative estimate of drug-likeness (QED) is 0.813. The van der Waals surface area contributed by atoms with Crippen LogP contribution in [0, 0.1) is 11.8 Å². The van der Waals surface area contributed by atoms with Gasteiger partial charge >= 0.3 is 0 Å². The highest BCUT2D eigenvalue weighted by atomic mass is 32.1. The molecule has 0 aliphatic carbocycles. The largest absolute Gasteiger partial charge is 0.409 e. The van der Waals surface area contributed by atoms with Crippen molar-refractivity contribution in [3.8, 4) is 11.5 Å². The van der Waals surface area contributed by atoms with Crippen molar-refractivity contribution < 1.29 is 9.15 Å². The lowest BCUT2D eigenvalue weighted by molar-refractivity contribution is -0.0778. The summed E-state index contributed by atoms with van der Waals surface area (Å²) in [5.74, 6) is 0.581. The Balaban J connectivity index is 1.81. The van der Waals surface area contributed by atoms with Gasteiger partial charge in [0.05, 0.1) is 18.9 Å². The van der Waals surface area contributed by atoms with Crippen molar-refractivity contribution in [1.29, 1.82) is 0 Å². The minimum Gasteiger partial charge on any atom is -0.409 e. The van der Waals surface area contributed by atoms with Crippen LogP contribution in [0.5, 0.6) is 0 Å². The van der Waals surface area contributed by atoms with Crippen molar-refractivity contribution in [2.24, 2.45) is 0 Å². The van der Waals surface area contributed by atoms with Crippen LogP contribution in [0.3, 0.4) is 0 Å². The number of rotatable bonds is 3. The fourth-order valence-electron chi connectivity index (χ4n) is 2.91. The number of benzene rings is 1. The van der Waals surface area contributed by atoms with Crippen molar-refractivity contribution >= 4 is 12.2 Å². The Morgan fingerprint density at radius 3 is 2.59 bits per heavy atom. The number of nitrogens with zero attached hydrogens (tertiary/aromatic N) is 3. The van der Waals surface area contributed by atoms with Gasteiger partial charge in [-0.1, -0.05) is 18.2 Å². The highest BCUT2D eigenvalue weighted by molar-refractivity contribution is 7.71. The van der Waals surface area contributed by atoms with E-state index < -0.39 is 0 Å². The normalized spacial score (nSPS) is 22.9. The minimum atomic E-state index is 0.223. The molecule has 0 saturated carbocycles. The molecule has 1 aromatic carbocycles. The summed E-state index contributed by atoms with van der Waals surface area (Å²) in [4.78, 5) is 2.70. The van der Waals surface area contributed by atoms with Gasteiger partial charge in [-0.25, -0.2) is 4.68 Å². The maximum Gasteiger partial charge on any atom is 0.288 e. The van der Waals surface area contributed by atoms with Crippen LogP contribution in [0.2, 0.25) is 0 Å². The Labute approximate surface area is 135 Å². The van der Waals surface area contributed by atoms with Crippen molar-refractivity contribution in [3.63, 3.8) is 0 Å². The molecule has 0 amide bonds. The van der Waals surface area contributed by atoms with Crippen LogP contribution in [0.1, 0.15) is 19.4 Å². The topological polar surface area (TPSA) is 43.4 Å². The molecule has 22 heavy (non-hydrogen) atoms. The van der Waals surface area contributed by atoms with E-state index in [0.29, 0.717) is 17.4 Å². The van der Waals surface area contributed by atoms with Gasteiger partial charge in [-0.2, -0.15) is 0 Å². The molecule has 1 aromatic heterocycles. The monoisotopic (exact) mass is 319 g/mol. The van der Waals surface area contributed by atoms with Crippen molar-refractivity contribution in [3.05, 3.63) is 34.7 Å². The summed E-state index contributed by atoms with van der Waals surface area (Å²) in [6.07, 6.45) is 0.446. The molecule has 6 heteroatoms. The van der Waals surface area contributed by atoms with Gasteiger partial charge in [0.2, 0.25) is 5.89 Å². The Hall–Kier alpha value is -1.50. The Kier molecular flexibility index (Phi) is 4.42. The van der Waals surface area contributed by atoms with Gasteiger partial charge in [-0.15, -0.1) is 5.10 Å². The second-order valence-corrected chi connectivity index (χ2v) is 6.27. The molecule has 118 valence electrons. The average Bonchev–Trinajstić information content (AvgIpc) is 2.79. The van der Waals surface area contributed by atoms with Crippen molar-refractivity contribution in [2.75, 3.05) is 13.1 Å². The zero-order valence-electron chi connectivity index (χ0n) is 13.2. The smallest absolute Gasteiger partial charge is 0.288 e. The van der Waals surface area contributed by atoms with Crippen LogP contribution in [0.4, 0.5) is 0 Å². The number of ether oxygens (including phenoxy) is 1. The number of aromatic nitrogens is 2. The van der Waals surface area contributed by atoms with Crippen LogP contribution in [-0.4, -0.2) is 40.0 Å². The zero-order valence-corrected chi connectivity index (χ0v) is 14.0. The van der Waals surface area contributed by atoms with E-state index in [1.807, 2.05) is 31.2 Å². The third-order valence-corrected chi connectivity index (χ3v) is 4.11. The van der Waals surface area contributed by atoms with Gasteiger partial charge < -0.3 is 9.15 Å². The third kappa shape index (κ3) is 3.29. The van der Waals surface area contributed by atoms with Crippen molar-refractivity contribution in [2.45, 2.75) is 39.6 Å². The van der Waals surface area contributed by atoms with Crippen LogP contribution < -0.4 is 0 Å². The van der Waals surface area contributed by atoms with E-state index in [4.69, 9.17) is 21.4 Å². The molecule has 0 N–H and O–H groups in total. The maximum atomic E-state index is 5.75. The molecule has 2 unspecified atom stereocenters. The fourth-order valence-corrected chi connectivity index (χ4v) is 3.08. The molecule has 3 rings (SSSR count). The lowest BCUT2D eigenvalue weighted by Crippen LogP contribution is -2.46. The first-order chi connectivity index (χ1) is 10.5. The molecule has 1 aliphatic rings. The van der Waals surface area contributed by atoms with E-state index >= 15 is 0 Å². The number of hydrogen-bond acceptors (Lipinski definition) is 5. The lowest BCUT2D eigenvalue weighted by atomic mass is 10.1. The number of hydrogen-bond donors (Lipinski definition) is 0. The molecule has 2 atom stereocenters. The Bertz CT molecular complexity index is 699. The van der Waals surface area contributed by atoms with Gasteiger partial charge in [0.1, 0.15) is 0 Å². The molecule has 5 nitrogen and oxygen atoms in total. The van der Waals surface area contributed by atoms with Gasteiger partial charge in [-0.05, 0) is 44.6 Å². The SMILES string of the molecule is Cc1ccccc1-c1nn(CN2CC(C)OC(C)C2)c(=S)o1. The summed E-state index contributed by atoms with van der Waals surface area (Å²) in [6, 6.07) is 8.02. The molecule has 2 heterocycles. The predicted molar refractivity (Wildman–Crippen MR) is 87.1 cm³/mol. The van der Waals surface area contributed by atoms with Gasteiger partial charge in [0.25, 0.3) is 4.84 Å². The molecule has 2 aromatic rings. The first kappa shape index (κ1) is 15.4. The third-order valence-electron chi connectivity index (χ3n) is 3.81. The lowest BCUT2D eigenvalue weighted by Gasteiger charge is -2.34. The maximum absolute atomic E-state index is 5.75. The fraction of sp³-hybridized carbons (Fsp3) is 0.500. The highest BCUT2D eigenvalue weighted by Gasteiger charge is 2.23. The van der Waals surface area contributed by atoms with Crippen molar-refractivity contribution in [1.82, 2.24) is 14.7 Å². The van der Waals surface area contributed by atoms with Gasteiger partial charge in [0, 0.05) is 18.7 Å². The summed E-state index contributed by atoms with van der Waals surface area (Å²) in [7, 11) is 0. The predicted octanol–water partition coefficient (Wildman–Crippen LogP) is 3.25. The molecular weight excluding hydrogens is 298 g/mol. The molecular formula is C16H21N3O2S. The summed E-state index contributed by atoms with van der Waals surface area (Å²) in [6.45, 7) is 8.59. The molecule has 0 radical (unpaired) electrons. The summed E-state index contributed by atoms with van der Waals surface area (Å²) < 4.78 is 13.2. The van der Waals surface area contributed by atoms with E-state index in [9.17, 15) is 0 Å². The molecule has 1 fully saturated rings. The van der Waals surface area contributed by atoms with E-state index in [1.54, 1.807) is 4.68 Å². The number of morpholine rings is 1. The van der Waals surface area contributed by atoms with E-state index in [2.05, 4.69) is 23.8 Å². The van der Waals surface area contributed by atoms with Crippen LogP contribution >= 0.6 is 12.2 Å². The van der Waals surface area contributed by atoms with Gasteiger partial charge in [-0.3, -0.25) is 4.90 Å². The van der Waals surface area contributed by atoms with Crippen LogP contribution in [0.15, 0.2) is 28.7 Å². The summed E-state index contributed by atoms with van der Waals surface area (Å²) in [5, 5.41) is 4.55. The second kappa shape index (κ2) is 6.32. The first-order valence-corrected chi connectivity index (χ1v) is 7.95. The molecule has 0 spiro atoms. The van der Waals surface area contributed by atoms with E-state index in [0.717, 1.165) is 24.2 Å².